The van der Waals surface area contributed by atoms with Gasteiger partial charge < -0.3 is 19.7 Å². The Morgan fingerprint density at radius 3 is 2.38 bits per heavy atom. The molecule has 2 saturated heterocycles. The Hall–Kier alpha value is -3.24. The molecule has 0 bridgehead atoms. The maximum Gasteiger partial charge on any atom is 0.228 e. The van der Waals surface area contributed by atoms with Gasteiger partial charge in [-0.3, -0.25) is 9.58 Å². The van der Waals surface area contributed by atoms with Crippen molar-refractivity contribution < 1.29 is 9.47 Å². The van der Waals surface area contributed by atoms with E-state index < -0.39 is 0 Å². The first-order chi connectivity index (χ1) is 18.2. The van der Waals surface area contributed by atoms with Crippen LogP contribution in [0.5, 0.6) is 0 Å². The summed E-state index contributed by atoms with van der Waals surface area (Å²) in [5.41, 5.74) is 3.92. The molecule has 37 heavy (non-hydrogen) atoms. The second-order valence-electron chi connectivity index (χ2n) is 9.27. The molecule has 2 aliphatic rings. The largest absolute Gasteiger partial charge is 0.379 e. The van der Waals surface area contributed by atoms with Crippen LogP contribution in [0.25, 0.3) is 22.2 Å². The van der Waals surface area contributed by atoms with Gasteiger partial charge in [0.2, 0.25) is 5.95 Å². The first-order valence-corrected chi connectivity index (χ1v) is 13.1. The third kappa shape index (κ3) is 5.70. The van der Waals surface area contributed by atoms with Gasteiger partial charge in [-0.15, -0.1) is 0 Å². The lowest BCUT2D eigenvalue weighted by atomic mass is 10.1. The Morgan fingerprint density at radius 2 is 1.59 bits per heavy atom. The van der Waals surface area contributed by atoms with E-state index >= 15 is 0 Å². The smallest absolute Gasteiger partial charge is 0.228 e. The molecule has 10 heteroatoms. The van der Waals surface area contributed by atoms with Crippen LogP contribution in [0.15, 0.2) is 54.7 Å². The maximum atomic E-state index is 6.07. The number of benzene rings is 2. The molecule has 4 heterocycles. The summed E-state index contributed by atoms with van der Waals surface area (Å²) >= 11 is 6.07. The van der Waals surface area contributed by atoms with Gasteiger partial charge in [-0.1, -0.05) is 17.7 Å². The van der Waals surface area contributed by atoms with E-state index in [2.05, 4.69) is 43.1 Å². The normalized spacial score (nSPS) is 16.8. The lowest BCUT2D eigenvalue weighted by molar-refractivity contribution is 0.0361. The molecule has 0 aliphatic carbocycles. The van der Waals surface area contributed by atoms with Gasteiger partial charge in [-0.25, -0.2) is 4.98 Å². The zero-order chi connectivity index (χ0) is 25.0. The minimum absolute atomic E-state index is 0.670. The lowest BCUT2D eigenvalue weighted by Crippen LogP contribution is -2.38. The van der Waals surface area contributed by atoms with Crippen LogP contribution in [0, 0.1) is 0 Å². The molecule has 6 rings (SSSR count). The van der Waals surface area contributed by atoms with Crippen molar-refractivity contribution in [1.29, 1.82) is 0 Å². The number of morpholine rings is 2. The maximum absolute atomic E-state index is 6.07. The number of rotatable bonds is 7. The zero-order valence-electron chi connectivity index (χ0n) is 20.6. The monoisotopic (exact) mass is 519 g/mol. The Labute approximate surface area is 221 Å². The average Bonchev–Trinajstić information content (AvgIpc) is 3.36. The number of hydrogen-bond donors (Lipinski definition) is 1. The molecule has 2 aromatic carbocycles. The second kappa shape index (κ2) is 11.0. The predicted molar refractivity (Wildman–Crippen MR) is 146 cm³/mol. The van der Waals surface area contributed by atoms with Crippen molar-refractivity contribution in [2.24, 2.45) is 0 Å². The number of halogens is 1. The van der Waals surface area contributed by atoms with E-state index in [1.807, 2.05) is 36.5 Å². The van der Waals surface area contributed by atoms with E-state index in [0.717, 1.165) is 86.1 Å². The highest BCUT2D eigenvalue weighted by Gasteiger charge is 2.17. The lowest BCUT2D eigenvalue weighted by Gasteiger charge is -2.27. The summed E-state index contributed by atoms with van der Waals surface area (Å²) in [7, 11) is 0. The SMILES string of the molecule is Clc1ccc(Nc2cc(-c3ccc4c(cnn4CCN4CCOCC4)c3)nc(N3CCOCC3)n2)cc1. The number of fused-ring (bicyclic) bond motifs is 1. The minimum atomic E-state index is 0.670. The molecule has 2 fully saturated rings. The van der Waals surface area contributed by atoms with E-state index in [9.17, 15) is 0 Å². The standard InChI is InChI=1S/C27H30ClN7O2/c28-22-2-4-23(5-3-22)30-26-18-24(31-27(32-26)34-11-15-37-16-12-34)20-1-6-25-21(17-20)19-29-35(25)8-7-33-9-13-36-14-10-33/h1-6,17-19H,7-16H2,(H,30,31,32). The van der Waals surface area contributed by atoms with Gasteiger partial charge >= 0.3 is 0 Å². The van der Waals surface area contributed by atoms with Gasteiger partial charge in [0.25, 0.3) is 0 Å². The summed E-state index contributed by atoms with van der Waals surface area (Å²) in [5, 5.41) is 9.87. The number of aromatic nitrogens is 4. The van der Waals surface area contributed by atoms with Crippen molar-refractivity contribution in [2.75, 3.05) is 69.4 Å². The number of nitrogens with zero attached hydrogens (tertiary/aromatic N) is 6. The fourth-order valence-electron chi connectivity index (χ4n) is 4.72. The number of nitrogens with one attached hydrogen (secondary N) is 1. The van der Waals surface area contributed by atoms with Crippen LogP contribution in [0.3, 0.4) is 0 Å². The molecule has 0 amide bonds. The van der Waals surface area contributed by atoms with Crippen molar-refractivity contribution in [2.45, 2.75) is 6.54 Å². The molecule has 2 aromatic heterocycles. The molecule has 0 spiro atoms. The molecule has 0 atom stereocenters. The highest BCUT2D eigenvalue weighted by atomic mass is 35.5. The van der Waals surface area contributed by atoms with Crippen molar-refractivity contribution in [3.8, 4) is 11.3 Å². The summed E-state index contributed by atoms with van der Waals surface area (Å²) in [5.74, 6) is 1.42. The molecule has 9 nitrogen and oxygen atoms in total. The van der Waals surface area contributed by atoms with E-state index in [0.29, 0.717) is 24.2 Å². The third-order valence-electron chi connectivity index (χ3n) is 6.79. The average molecular weight is 520 g/mol. The van der Waals surface area contributed by atoms with Crippen molar-refractivity contribution in [1.82, 2.24) is 24.6 Å². The first kappa shape index (κ1) is 24.1. The highest BCUT2D eigenvalue weighted by Crippen LogP contribution is 2.28. The van der Waals surface area contributed by atoms with Crippen LogP contribution in [-0.2, 0) is 16.0 Å². The molecule has 192 valence electrons. The Bertz CT molecular complexity index is 1350. The van der Waals surface area contributed by atoms with Gasteiger partial charge in [0, 0.05) is 60.4 Å². The van der Waals surface area contributed by atoms with Gasteiger partial charge in [-0.2, -0.15) is 10.1 Å². The fourth-order valence-corrected chi connectivity index (χ4v) is 4.84. The van der Waals surface area contributed by atoms with Gasteiger partial charge in [0.05, 0.1) is 50.4 Å². The molecule has 1 N–H and O–H groups in total. The van der Waals surface area contributed by atoms with Crippen LogP contribution in [0.2, 0.25) is 5.02 Å². The van der Waals surface area contributed by atoms with Crippen molar-refractivity contribution >= 4 is 40.0 Å². The summed E-state index contributed by atoms with van der Waals surface area (Å²) in [6, 6.07) is 16.0. The molecule has 0 unspecified atom stereocenters. The van der Waals surface area contributed by atoms with Crippen LogP contribution < -0.4 is 10.2 Å². The Balaban J connectivity index is 1.28. The van der Waals surface area contributed by atoms with Gasteiger partial charge in [0.15, 0.2) is 0 Å². The first-order valence-electron chi connectivity index (χ1n) is 12.7. The number of hydrogen-bond acceptors (Lipinski definition) is 8. The van der Waals surface area contributed by atoms with Crippen LogP contribution in [0.1, 0.15) is 0 Å². The zero-order valence-corrected chi connectivity index (χ0v) is 21.4. The molecule has 0 saturated carbocycles. The summed E-state index contributed by atoms with van der Waals surface area (Å²) < 4.78 is 13.1. The molecular weight excluding hydrogens is 490 g/mol. The molecule has 0 radical (unpaired) electrons. The molecule has 4 aromatic rings. The topological polar surface area (TPSA) is 80.6 Å². The summed E-state index contributed by atoms with van der Waals surface area (Å²) in [6.45, 7) is 8.27. The van der Waals surface area contributed by atoms with Crippen molar-refractivity contribution in [3.63, 3.8) is 0 Å². The van der Waals surface area contributed by atoms with Crippen molar-refractivity contribution in [3.05, 3.63) is 59.8 Å². The van der Waals surface area contributed by atoms with E-state index in [1.165, 1.54) is 0 Å². The van der Waals surface area contributed by atoms with E-state index in [4.69, 9.17) is 31.0 Å². The highest BCUT2D eigenvalue weighted by molar-refractivity contribution is 6.30. The van der Waals surface area contributed by atoms with Gasteiger partial charge in [-0.05, 0) is 36.4 Å². The van der Waals surface area contributed by atoms with Gasteiger partial charge in [0.1, 0.15) is 5.82 Å². The van der Waals surface area contributed by atoms with Crippen LogP contribution in [-0.4, -0.2) is 83.8 Å². The van der Waals surface area contributed by atoms with Crippen LogP contribution in [0.4, 0.5) is 17.5 Å². The Kier molecular flexibility index (Phi) is 7.18. The minimum Gasteiger partial charge on any atom is -0.379 e. The molecule has 2 aliphatic heterocycles. The second-order valence-corrected chi connectivity index (χ2v) is 9.70. The fraction of sp³-hybridized carbons (Fsp3) is 0.370. The Morgan fingerprint density at radius 1 is 0.838 bits per heavy atom. The van der Waals surface area contributed by atoms with E-state index in [1.54, 1.807) is 0 Å². The molecular formula is C27H30ClN7O2. The third-order valence-corrected chi connectivity index (χ3v) is 7.05. The summed E-state index contributed by atoms with van der Waals surface area (Å²) in [4.78, 5) is 14.4. The quantitative estimate of drug-likeness (QED) is 0.391. The number of ether oxygens (including phenoxy) is 2. The predicted octanol–water partition coefficient (Wildman–Crippen LogP) is 4.06. The number of anilines is 3. The summed E-state index contributed by atoms with van der Waals surface area (Å²) in [6.07, 6.45) is 1.94. The van der Waals surface area contributed by atoms with E-state index in [-0.39, 0.29) is 0 Å². The van der Waals surface area contributed by atoms with Crippen LogP contribution >= 0.6 is 11.6 Å².